The molecule has 0 saturated heterocycles. The number of ether oxygens (including phenoxy) is 2. The number of nitrogens with one attached hydrogen (secondary N) is 1. The zero-order valence-electron chi connectivity index (χ0n) is 18.0. The summed E-state index contributed by atoms with van der Waals surface area (Å²) in [6.45, 7) is 5.65. The largest absolute Gasteiger partial charge is 0.497 e. The Balaban J connectivity index is 1.87. The van der Waals surface area contributed by atoms with E-state index in [1.54, 1.807) is 37.3 Å². The van der Waals surface area contributed by atoms with Gasteiger partial charge in [0.25, 0.3) is 5.91 Å². The molecule has 3 rings (SSSR count). The predicted molar refractivity (Wildman–Crippen MR) is 117 cm³/mol. The van der Waals surface area contributed by atoms with Crippen LogP contribution in [0.15, 0.2) is 55.1 Å². The maximum atomic E-state index is 13.0. The Morgan fingerprint density at radius 3 is 2.75 bits per heavy atom. The highest BCUT2D eigenvalue weighted by Crippen LogP contribution is 2.41. The number of amides is 1. The first-order valence-electron chi connectivity index (χ1n) is 10.2. The summed E-state index contributed by atoms with van der Waals surface area (Å²) in [5.41, 5.74) is 2.47. The SMILES string of the molecule is C=C(CNC(=O)c1cnc2c(C3=CCC(C(F)(F)F)CC3)cc(OC)cc2c1)O/C=C\C. The van der Waals surface area contributed by atoms with Crippen molar-refractivity contribution in [3.8, 4) is 5.75 Å². The van der Waals surface area contributed by atoms with Crippen LogP contribution in [-0.4, -0.2) is 30.7 Å². The number of hydrogen-bond donors (Lipinski definition) is 1. The number of fused-ring (bicyclic) bond motifs is 1. The van der Waals surface area contributed by atoms with E-state index in [1.165, 1.54) is 19.6 Å². The third kappa shape index (κ3) is 5.49. The Bertz CT molecular complexity index is 1070. The van der Waals surface area contributed by atoms with E-state index in [0.29, 0.717) is 34.4 Å². The van der Waals surface area contributed by atoms with Crippen molar-refractivity contribution >= 4 is 22.4 Å². The number of carbonyl (C=O) groups is 1. The number of hydrogen-bond acceptors (Lipinski definition) is 4. The van der Waals surface area contributed by atoms with Crippen molar-refractivity contribution in [3.05, 3.63) is 66.3 Å². The lowest BCUT2D eigenvalue weighted by Crippen LogP contribution is -2.25. The number of carbonyl (C=O) groups excluding carboxylic acids is 1. The molecule has 2 aromatic rings. The molecule has 0 spiro atoms. The lowest BCUT2D eigenvalue weighted by atomic mass is 9.85. The number of rotatable bonds is 7. The van der Waals surface area contributed by atoms with Crippen molar-refractivity contribution in [2.75, 3.05) is 13.7 Å². The summed E-state index contributed by atoms with van der Waals surface area (Å²) in [5.74, 6) is -0.744. The molecule has 1 unspecified atom stereocenters. The van der Waals surface area contributed by atoms with Crippen molar-refractivity contribution in [3.63, 3.8) is 0 Å². The molecule has 0 fully saturated rings. The maximum Gasteiger partial charge on any atom is 0.392 e. The average molecular weight is 446 g/mol. The van der Waals surface area contributed by atoms with Gasteiger partial charge in [0.1, 0.15) is 11.5 Å². The Morgan fingerprint density at radius 1 is 1.34 bits per heavy atom. The molecule has 1 N–H and O–H groups in total. The minimum Gasteiger partial charge on any atom is -0.497 e. The van der Waals surface area contributed by atoms with Crippen LogP contribution < -0.4 is 10.1 Å². The molecule has 1 aliphatic carbocycles. The molecule has 0 radical (unpaired) electrons. The topological polar surface area (TPSA) is 60.5 Å². The van der Waals surface area contributed by atoms with Crippen molar-refractivity contribution in [1.29, 1.82) is 0 Å². The fourth-order valence-corrected chi connectivity index (χ4v) is 3.57. The second-order valence-electron chi connectivity index (χ2n) is 7.52. The lowest BCUT2D eigenvalue weighted by molar-refractivity contribution is -0.175. The molecule has 1 heterocycles. The summed E-state index contributed by atoms with van der Waals surface area (Å²) in [6, 6.07) is 5.21. The number of nitrogens with zero attached hydrogens (tertiary/aromatic N) is 1. The van der Waals surface area contributed by atoms with E-state index in [1.807, 2.05) is 0 Å². The van der Waals surface area contributed by atoms with Crippen LogP contribution in [0.2, 0.25) is 0 Å². The molecular weight excluding hydrogens is 421 g/mol. The number of halogens is 3. The monoisotopic (exact) mass is 446 g/mol. The first kappa shape index (κ1) is 23.4. The van der Waals surface area contributed by atoms with Crippen LogP contribution in [0.3, 0.4) is 0 Å². The fourth-order valence-electron chi connectivity index (χ4n) is 3.57. The maximum absolute atomic E-state index is 13.0. The third-order valence-electron chi connectivity index (χ3n) is 5.29. The molecule has 0 aliphatic heterocycles. The highest BCUT2D eigenvalue weighted by molar-refractivity contribution is 6.00. The van der Waals surface area contributed by atoms with Gasteiger partial charge in [0.2, 0.25) is 0 Å². The number of benzene rings is 1. The normalized spacial score (nSPS) is 16.7. The Kier molecular flexibility index (Phi) is 7.22. The molecule has 0 saturated carbocycles. The van der Waals surface area contributed by atoms with Crippen LogP contribution in [0.1, 0.15) is 42.1 Å². The third-order valence-corrected chi connectivity index (χ3v) is 5.29. The molecule has 1 atom stereocenters. The summed E-state index contributed by atoms with van der Waals surface area (Å²) >= 11 is 0. The van der Waals surface area contributed by atoms with E-state index < -0.39 is 12.1 Å². The molecule has 1 amide bonds. The Labute approximate surface area is 184 Å². The van der Waals surface area contributed by atoms with Gasteiger partial charge in [-0.2, -0.15) is 13.2 Å². The quantitative estimate of drug-likeness (QED) is 0.548. The molecule has 8 heteroatoms. The van der Waals surface area contributed by atoms with Crippen molar-refractivity contribution in [2.45, 2.75) is 32.4 Å². The standard InChI is InChI=1S/C24H25F3N2O3/c1-4-9-32-15(2)13-29-23(30)18-10-17-11-20(31-3)12-21(22(17)28-14-18)16-5-7-19(8-6-16)24(25,26)27/h4-5,9-12,14,19H,2,6-8,13H2,1,3H3,(H,29,30)/b9-4-. The Morgan fingerprint density at radius 2 is 2.12 bits per heavy atom. The highest BCUT2D eigenvalue weighted by Gasteiger charge is 2.39. The fraction of sp³-hybridized carbons (Fsp3) is 0.333. The first-order valence-corrected chi connectivity index (χ1v) is 10.2. The number of aromatic nitrogens is 1. The van der Waals surface area contributed by atoms with Crippen molar-refractivity contribution in [1.82, 2.24) is 10.3 Å². The molecule has 0 bridgehead atoms. The van der Waals surface area contributed by atoms with E-state index >= 15 is 0 Å². The molecule has 1 aromatic carbocycles. The van der Waals surface area contributed by atoms with Crippen molar-refractivity contribution < 1.29 is 27.4 Å². The molecule has 1 aromatic heterocycles. The average Bonchev–Trinajstić information content (AvgIpc) is 2.79. The summed E-state index contributed by atoms with van der Waals surface area (Å²) in [6.07, 6.45) is 2.34. The number of pyridine rings is 1. The Hall–Kier alpha value is -3.29. The molecule has 1 aliphatic rings. The van der Waals surface area contributed by atoms with Gasteiger partial charge in [0.05, 0.1) is 36.9 Å². The summed E-state index contributed by atoms with van der Waals surface area (Å²) < 4.78 is 49.6. The van der Waals surface area contributed by atoms with Crippen molar-refractivity contribution in [2.24, 2.45) is 5.92 Å². The predicted octanol–water partition coefficient (Wildman–Crippen LogP) is 5.78. The van der Waals surface area contributed by atoms with E-state index in [4.69, 9.17) is 9.47 Å². The number of methoxy groups -OCH3 is 1. The number of allylic oxidation sites excluding steroid dienone is 3. The zero-order chi connectivity index (χ0) is 23.3. The molecule has 5 nitrogen and oxygen atoms in total. The second-order valence-corrected chi connectivity index (χ2v) is 7.52. The first-order chi connectivity index (χ1) is 15.2. The summed E-state index contributed by atoms with van der Waals surface area (Å²) in [4.78, 5) is 17.0. The van der Waals surface area contributed by atoms with E-state index in [-0.39, 0.29) is 25.3 Å². The van der Waals surface area contributed by atoms with Crippen LogP contribution in [0.5, 0.6) is 5.75 Å². The molecule has 32 heavy (non-hydrogen) atoms. The lowest BCUT2D eigenvalue weighted by Gasteiger charge is -2.24. The van der Waals surface area contributed by atoms with Gasteiger partial charge in [-0.3, -0.25) is 9.78 Å². The van der Waals surface area contributed by atoms with Crippen LogP contribution in [-0.2, 0) is 4.74 Å². The van der Waals surface area contributed by atoms with Gasteiger partial charge in [-0.15, -0.1) is 0 Å². The van der Waals surface area contributed by atoms with Crippen LogP contribution in [0.25, 0.3) is 16.5 Å². The van der Waals surface area contributed by atoms with E-state index in [9.17, 15) is 18.0 Å². The zero-order valence-corrected chi connectivity index (χ0v) is 18.0. The molecule has 170 valence electrons. The highest BCUT2D eigenvalue weighted by atomic mass is 19.4. The van der Waals surface area contributed by atoms with E-state index in [0.717, 1.165) is 11.1 Å². The van der Waals surface area contributed by atoms with Gasteiger partial charge in [0.15, 0.2) is 0 Å². The van der Waals surface area contributed by atoms with Gasteiger partial charge in [0, 0.05) is 17.1 Å². The minimum atomic E-state index is -4.19. The van der Waals surface area contributed by atoms with E-state index in [2.05, 4.69) is 16.9 Å². The van der Waals surface area contributed by atoms with Gasteiger partial charge in [-0.05, 0) is 50.0 Å². The summed E-state index contributed by atoms with van der Waals surface area (Å²) in [7, 11) is 1.51. The molecular formula is C24H25F3N2O3. The number of alkyl halides is 3. The van der Waals surface area contributed by atoms with Gasteiger partial charge >= 0.3 is 6.18 Å². The van der Waals surface area contributed by atoms with Crippen LogP contribution >= 0.6 is 0 Å². The second kappa shape index (κ2) is 9.89. The minimum absolute atomic E-state index is 0.0354. The van der Waals surface area contributed by atoms with Gasteiger partial charge < -0.3 is 14.8 Å². The van der Waals surface area contributed by atoms with Crippen LogP contribution in [0.4, 0.5) is 13.2 Å². The smallest absolute Gasteiger partial charge is 0.392 e. The van der Waals surface area contributed by atoms with Gasteiger partial charge in [-0.25, -0.2) is 0 Å². The van der Waals surface area contributed by atoms with Crippen LogP contribution in [0, 0.1) is 5.92 Å². The summed E-state index contributed by atoms with van der Waals surface area (Å²) in [5, 5.41) is 3.37. The van der Waals surface area contributed by atoms with Gasteiger partial charge in [-0.1, -0.05) is 18.7 Å².